The van der Waals surface area contributed by atoms with E-state index in [-0.39, 0.29) is 49.6 Å². The Hall–Kier alpha value is -0.610. The minimum Gasteiger partial charge on any atom is -0.463 e. The first-order chi connectivity index (χ1) is 5.56. The Labute approximate surface area is 84.2 Å². The molecule has 0 aromatic rings. The van der Waals surface area contributed by atoms with Crippen molar-refractivity contribution in [2.24, 2.45) is 5.73 Å². The van der Waals surface area contributed by atoms with E-state index in [1.54, 1.807) is 13.8 Å². The monoisotopic (exact) mass is 209 g/mol. The molecule has 2 N–H and O–H groups in total. The summed E-state index contributed by atoms with van der Waals surface area (Å²) in [5, 5.41) is 0. The number of halogens is 1. The first kappa shape index (κ1) is 14.9. The van der Waals surface area contributed by atoms with Gasteiger partial charge in [0.15, 0.2) is 0 Å². The maximum atomic E-state index is 10.9. The number of hydrogen-bond donors (Lipinski definition) is 1. The molecule has 0 aliphatic heterocycles. The molecule has 0 aliphatic carbocycles. The van der Waals surface area contributed by atoms with Gasteiger partial charge < -0.3 is 10.5 Å². The lowest BCUT2D eigenvalue weighted by Gasteiger charge is -2.06. The second kappa shape index (κ2) is 8.01. The van der Waals surface area contributed by atoms with E-state index in [0.717, 1.165) is 0 Å². The zero-order chi connectivity index (χ0) is 9.56. The number of hydrogen-bond acceptors (Lipinski definition) is 4. The number of nitrogens with two attached hydrogens (primary N) is 1. The van der Waals surface area contributed by atoms with Gasteiger partial charge in [0, 0.05) is 6.42 Å². The van der Waals surface area contributed by atoms with Crippen molar-refractivity contribution in [2.75, 3.05) is 6.54 Å². The minimum absolute atomic E-state index is 0. The van der Waals surface area contributed by atoms with Gasteiger partial charge in [0.05, 0.1) is 19.1 Å². The Morgan fingerprint density at radius 3 is 2.23 bits per heavy atom. The molecule has 0 rings (SSSR count). The molecule has 0 spiro atoms. The summed E-state index contributed by atoms with van der Waals surface area (Å²) in [4.78, 5) is 21.5. The molecule has 0 aliphatic rings. The van der Waals surface area contributed by atoms with Crippen LogP contribution in [0, 0.1) is 0 Å². The fraction of sp³-hybridized carbons (Fsp3) is 0.750. The molecule has 0 fully saturated rings. The van der Waals surface area contributed by atoms with Gasteiger partial charge in [0.1, 0.15) is 5.78 Å². The van der Waals surface area contributed by atoms with Gasteiger partial charge in [-0.3, -0.25) is 9.59 Å². The number of Topliss-reactive ketones (excluding diaryl/α,β-unsaturated/α-hetero) is 1. The summed E-state index contributed by atoms with van der Waals surface area (Å²) in [6.07, 6.45) is 0.196. The summed E-state index contributed by atoms with van der Waals surface area (Å²) in [5.41, 5.74) is 5.06. The lowest BCUT2D eigenvalue weighted by molar-refractivity contribution is -0.148. The molecule has 5 heteroatoms. The number of ketones is 1. The third-order valence-electron chi connectivity index (χ3n) is 1.20. The number of carbonyl (C=O) groups excluding carboxylic acids is 2. The topological polar surface area (TPSA) is 69.4 Å². The molecule has 0 aromatic heterocycles. The van der Waals surface area contributed by atoms with Gasteiger partial charge in [0.2, 0.25) is 0 Å². The highest BCUT2D eigenvalue weighted by Gasteiger charge is 2.07. The fourth-order valence-electron chi connectivity index (χ4n) is 0.665. The SMILES string of the molecule is CC(C)OC(=O)CCC(=O)CN.Cl. The van der Waals surface area contributed by atoms with Crippen molar-refractivity contribution in [3.8, 4) is 0 Å². The molecule has 13 heavy (non-hydrogen) atoms. The molecule has 0 unspecified atom stereocenters. The van der Waals surface area contributed by atoms with Crippen LogP contribution in [0.1, 0.15) is 26.7 Å². The molecule has 0 saturated carbocycles. The van der Waals surface area contributed by atoms with E-state index in [2.05, 4.69) is 0 Å². The first-order valence-electron chi connectivity index (χ1n) is 3.97. The molecule has 0 radical (unpaired) electrons. The van der Waals surface area contributed by atoms with Gasteiger partial charge in [-0.15, -0.1) is 12.4 Å². The largest absolute Gasteiger partial charge is 0.463 e. The van der Waals surface area contributed by atoms with Gasteiger partial charge in [-0.25, -0.2) is 0 Å². The Balaban J connectivity index is 0. The third kappa shape index (κ3) is 9.30. The zero-order valence-electron chi connectivity index (χ0n) is 7.91. The predicted octanol–water partition coefficient (Wildman–Crippen LogP) is 0.668. The lowest BCUT2D eigenvalue weighted by Crippen LogP contribution is -2.17. The van der Waals surface area contributed by atoms with Crippen LogP contribution in [-0.2, 0) is 14.3 Å². The quantitative estimate of drug-likeness (QED) is 0.676. The van der Waals surface area contributed by atoms with E-state index in [4.69, 9.17) is 10.5 Å². The van der Waals surface area contributed by atoms with Crippen LogP contribution in [0.3, 0.4) is 0 Å². The summed E-state index contributed by atoms with van der Waals surface area (Å²) in [6, 6.07) is 0. The van der Waals surface area contributed by atoms with E-state index in [0.29, 0.717) is 0 Å². The van der Waals surface area contributed by atoms with E-state index in [9.17, 15) is 9.59 Å². The smallest absolute Gasteiger partial charge is 0.306 e. The molecule has 0 amide bonds. The molecule has 0 atom stereocenters. The van der Waals surface area contributed by atoms with Crippen molar-refractivity contribution < 1.29 is 14.3 Å². The molecule has 4 nitrogen and oxygen atoms in total. The van der Waals surface area contributed by atoms with Crippen molar-refractivity contribution in [1.82, 2.24) is 0 Å². The standard InChI is InChI=1S/C8H15NO3.ClH/c1-6(2)12-8(11)4-3-7(10)5-9;/h6H,3-5,9H2,1-2H3;1H. The molecular weight excluding hydrogens is 194 g/mol. The van der Waals surface area contributed by atoms with Gasteiger partial charge in [-0.05, 0) is 13.8 Å². The Kier molecular flexibility index (Phi) is 9.17. The second-order valence-electron chi connectivity index (χ2n) is 2.78. The average Bonchev–Trinajstić information content (AvgIpc) is 1.99. The van der Waals surface area contributed by atoms with Crippen LogP contribution in [0.15, 0.2) is 0 Å². The van der Waals surface area contributed by atoms with Crippen molar-refractivity contribution in [1.29, 1.82) is 0 Å². The average molecular weight is 210 g/mol. The number of ether oxygens (including phenoxy) is 1. The maximum absolute atomic E-state index is 10.9. The highest BCUT2D eigenvalue weighted by Crippen LogP contribution is 1.97. The van der Waals surface area contributed by atoms with Crippen LogP contribution in [-0.4, -0.2) is 24.4 Å². The van der Waals surface area contributed by atoms with Crippen molar-refractivity contribution >= 4 is 24.2 Å². The van der Waals surface area contributed by atoms with Crippen molar-refractivity contribution in [3.05, 3.63) is 0 Å². The Morgan fingerprint density at radius 1 is 1.31 bits per heavy atom. The minimum atomic E-state index is -0.341. The Bertz CT molecular complexity index is 171. The molecule has 78 valence electrons. The summed E-state index contributed by atoms with van der Waals surface area (Å²) in [6.45, 7) is 3.53. The van der Waals surface area contributed by atoms with Crippen LogP contribution in [0.25, 0.3) is 0 Å². The van der Waals surface area contributed by atoms with Crippen LogP contribution in [0.4, 0.5) is 0 Å². The van der Waals surface area contributed by atoms with E-state index in [1.165, 1.54) is 0 Å². The predicted molar refractivity (Wildman–Crippen MR) is 51.8 cm³/mol. The molecule has 0 aromatic carbocycles. The highest BCUT2D eigenvalue weighted by molar-refractivity contribution is 5.85. The molecular formula is C8H16ClNO3. The summed E-state index contributed by atoms with van der Waals surface area (Å²) in [7, 11) is 0. The van der Waals surface area contributed by atoms with Crippen LogP contribution >= 0.6 is 12.4 Å². The number of rotatable bonds is 5. The molecule has 0 heterocycles. The first-order valence-corrected chi connectivity index (χ1v) is 3.97. The van der Waals surface area contributed by atoms with Gasteiger partial charge >= 0.3 is 5.97 Å². The lowest BCUT2D eigenvalue weighted by atomic mass is 10.2. The summed E-state index contributed by atoms with van der Waals surface area (Å²) in [5.74, 6) is -0.456. The van der Waals surface area contributed by atoms with Crippen LogP contribution < -0.4 is 5.73 Å². The Morgan fingerprint density at radius 2 is 1.85 bits per heavy atom. The maximum Gasteiger partial charge on any atom is 0.306 e. The number of carbonyl (C=O) groups is 2. The highest BCUT2D eigenvalue weighted by atomic mass is 35.5. The summed E-state index contributed by atoms with van der Waals surface area (Å²) < 4.78 is 4.81. The van der Waals surface area contributed by atoms with Crippen molar-refractivity contribution in [2.45, 2.75) is 32.8 Å². The van der Waals surface area contributed by atoms with Gasteiger partial charge in [-0.2, -0.15) is 0 Å². The molecule has 0 bridgehead atoms. The van der Waals surface area contributed by atoms with E-state index < -0.39 is 0 Å². The second-order valence-corrected chi connectivity index (χ2v) is 2.78. The normalized spacial score (nSPS) is 9.23. The van der Waals surface area contributed by atoms with Crippen LogP contribution in [0.5, 0.6) is 0 Å². The zero-order valence-corrected chi connectivity index (χ0v) is 8.73. The summed E-state index contributed by atoms with van der Waals surface area (Å²) >= 11 is 0. The third-order valence-corrected chi connectivity index (χ3v) is 1.20. The van der Waals surface area contributed by atoms with Crippen LogP contribution in [0.2, 0.25) is 0 Å². The van der Waals surface area contributed by atoms with E-state index in [1.807, 2.05) is 0 Å². The van der Waals surface area contributed by atoms with Gasteiger partial charge in [0.25, 0.3) is 0 Å². The van der Waals surface area contributed by atoms with E-state index >= 15 is 0 Å². The van der Waals surface area contributed by atoms with Gasteiger partial charge in [-0.1, -0.05) is 0 Å². The van der Waals surface area contributed by atoms with Crippen molar-refractivity contribution in [3.63, 3.8) is 0 Å². The number of esters is 1. The fourth-order valence-corrected chi connectivity index (χ4v) is 0.665. The molecule has 0 saturated heterocycles.